The second-order valence-corrected chi connectivity index (χ2v) is 5.24. The maximum atomic E-state index is 13.0. The molecule has 0 aliphatic heterocycles. The van der Waals surface area contributed by atoms with Gasteiger partial charge in [0.05, 0.1) is 17.0 Å². The van der Waals surface area contributed by atoms with E-state index in [2.05, 4.69) is 5.32 Å². The molecule has 0 radical (unpaired) electrons. The van der Waals surface area contributed by atoms with E-state index in [1.807, 2.05) is 6.07 Å². The van der Waals surface area contributed by atoms with Crippen LogP contribution >= 0.6 is 0 Å². The first-order chi connectivity index (χ1) is 10.1. The topological polar surface area (TPSA) is 52.9 Å². The van der Waals surface area contributed by atoms with Crippen molar-refractivity contribution in [3.63, 3.8) is 0 Å². The van der Waals surface area contributed by atoms with Gasteiger partial charge in [0.25, 0.3) is 0 Å². The van der Waals surface area contributed by atoms with Crippen LogP contribution in [-0.2, 0) is 10.2 Å². The van der Waals surface area contributed by atoms with Crippen molar-refractivity contribution in [1.29, 1.82) is 5.26 Å². The molecule has 0 bridgehead atoms. The van der Waals surface area contributed by atoms with Gasteiger partial charge in [-0.1, -0.05) is 18.2 Å². The fourth-order valence-corrected chi connectivity index (χ4v) is 2.46. The Kier molecular flexibility index (Phi) is 3.19. The third-order valence-electron chi connectivity index (χ3n) is 3.83. The van der Waals surface area contributed by atoms with Crippen molar-refractivity contribution in [2.45, 2.75) is 18.3 Å². The van der Waals surface area contributed by atoms with Crippen LogP contribution in [0.5, 0.6) is 0 Å². The first-order valence-corrected chi connectivity index (χ1v) is 6.72. The molecule has 0 atom stereocenters. The van der Waals surface area contributed by atoms with Gasteiger partial charge < -0.3 is 5.32 Å². The highest BCUT2D eigenvalue weighted by molar-refractivity contribution is 6.01. The lowest BCUT2D eigenvalue weighted by molar-refractivity contribution is -0.118. The number of carbonyl (C=O) groups is 1. The van der Waals surface area contributed by atoms with Gasteiger partial charge in [-0.25, -0.2) is 4.39 Å². The molecule has 3 rings (SSSR count). The van der Waals surface area contributed by atoms with Gasteiger partial charge in [0.1, 0.15) is 5.82 Å². The lowest BCUT2D eigenvalue weighted by atomic mass is 9.95. The molecule has 0 heterocycles. The van der Waals surface area contributed by atoms with Gasteiger partial charge in [-0.2, -0.15) is 5.26 Å². The second kappa shape index (κ2) is 5.02. The summed E-state index contributed by atoms with van der Waals surface area (Å²) in [5, 5.41) is 11.7. The second-order valence-electron chi connectivity index (χ2n) is 5.24. The Hall–Kier alpha value is -2.67. The summed E-state index contributed by atoms with van der Waals surface area (Å²) < 4.78 is 13.0. The van der Waals surface area contributed by atoms with Crippen molar-refractivity contribution in [3.8, 4) is 6.07 Å². The van der Waals surface area contributed by atoms with Gasteiger partial charge in [0.15, 0.2) is 0 Å². The van der Waals surface area contributed by atoms with E-state index in [0.717, 1.165) is 18.4 Å². The largest absolute Gasteiger partial charge is 0.325 e. The molecule has 1 aliphatic rings. The number of benzene rings is 2. The Morgan fingerprint density at radius 1 is 1.19 bits per heavy atom. The van der Waals surface area contributed by atoms with Gasteiger partial charge in [0.2, 0.25) is 5.91 Å². The molecular weight excluding hydrogens is 267 g/mol. The quantitative estimate of drug-likeness (QED) is 0.937. The zero-order valence-electron chi connectivity index (χ0n) is 11.3. The Labute approximate surface area is 122 Å². The molecule has 2 aromatic rings. The van der Waals surface area contributed by atoms with Crippen molar-refractivity contribution < 1.29 is 9.18 Å². The summed E-state index contributed by atoms with van der Waals surface area (Å²) >= 11 is 0. The van der Waals surface area contributed by atoms with E-state index in [0.29, 0.717) is 11.3 Å². The summed E-state index contributed by atoms with van der Waals surface area (Å²) in [6, 6.07) is 14.9. The first kappa shape index (κ1) is 13.3. The predicted octanol–water partition coefficient (Wildman–Crippen LogP) is 3.37. The number of nitrogens with one attached hydrogen (secondary N) is 1. The summed E-state index contributed by atoms with van der Waals surface area (Å²) in [5.41, 5.74) is 1.38. The van der Waals surface area contributed by atoms with Crippen molar-refractivity contribution in [2.75, 3.05) is 5.32 Å². The monoisotopic (exact) mass is 280 g/mol. The van der Waals surface area contributed by atoms with E-state index in [4.69, 9.17) is 5.26 Å². The van der Waals surface area contributed by atoms with Crippen molar-refractivity contribution in [1.82, 2.24) is 0 Å². The molecule has 0 saturated heterocycles. The molecule has 1 saturated carbocycles. The molecule has 1 N–H and O–H groups in total. The number of amides is 1. The summed E-state index contributed by atoms with van der Waals surface area (Å²) in [5.74, 6) is -0.416. The van der Waals surface area contributed by atoms with Crippen molar-refractivity contribution in [2.24, 2.45) is 0 Å². The minimum absolute atomic E-state index is 0.107. The number of hydrogen-bond acceptors (Lipinski definition) is 2. The maximum absolute atomic E-state index is 13.0. The fraction of sp³-hybridized carbons (Fsp3) is 0.176. The number of nitriles is 1. The van der Waals surface area contributed by atoms with E-state index in [-0.39, 0.29) is 11.7 Å². The fourth-order valence-electron chi connectivity index (χ4n) is 2.46. The molecule has 0 aromatic heterocycles. The molecule has 21 heavy (non-hydrogen) atoms. The van der Waals surface area contributed by atoms with Crippen LogP contribution in [0.3, 0.4) is 0 Å². The number of halogens is 1. The van der Waals surface area contributed by atoms with Gasteiger partial charge in [-0.3, -0.25) is 4.79 Å². The minimum Gasteiger partial charge on any atom is -0.325 e. The third kappa shape index (κ3) is 2.50. The van der Waals surface area contributed by atoms with Crippen LogP contribution in [0.1, 0.15) is 24.0 Å². The van der Waals surface area contributed by atoms with Crippen LogP contribution in [0.2, 0.25) is 0 Å². The van der Waals surface area contributed by atoms with Crippen LogP contribution in [-0.4, -0.2) is 5.91 Å². The zero-order chi connectivity index (χ0) is 14.9. The van der Waals surface area contributed by atoms with E-state index < -0.39 is 5.41 Å². The minimum atomic E-state index is -0.559. The average molecular weight is 280 g/mol. The molecule has 3 nitrogen and oxygen atoms in total. The van der Waals surface area contributed by atoms with E-state index in [1.54, 1.807) is 36.4 Å². The summed E-state index contributed by atoms with van der Waals surface area (Å²) in [4.78, 5) is 12.5. The molecule has 1 amide bonds. The number of carbonyl (C=O) groups excluding carboxylic acids is 1. The van der Waals surface area contributed by atoms with Crippen molar-refractivity contribution >= 4 is 11.6 Å². The highest BCUT2D eigenvalue weighted by Crippen LogP contribution is 2.49. The molecule has 1 aliphatic carbocycles. The smallest absolute Gasteiger partial charge is 0.235 e. The van der Waals surface area contributed by atoms with Crippen LogP contribution in [0, 0.1) is 17.1 Å². The third-order valence-corrected chi connectivity index (χ3v) is 3.83. The lowest BCUT2D eigenvalue weighted by Crippen LogP contribution is -2.27. The lowest BCUT2D eigenvalue weighted by Gasteiger charge is -2.16. The SMILES string of the molecule is N#Cc1cccc(NC(=O)C2(c3ccc(F)cc3)CC2)c1. The summed E-state index contributed by atoms with van der Waals surface area (Å²) in [7, 11) is 0. The number of hydrogen-bond donors (Lipinski definition) is 1. The number of nitrogens with zero attached hydrogens (tertiary/aromatic N) is 1. The average Bonchev–Trinajstić information content (AvgIpc) is 3.30. The molecule has 0 spiro atoms. The highest BCUT2D eigenvalue weighted by atomic mass is 19.1. The van der Waals surface area contributed by atoms with Gasteiger partial charge >= 0.3 is 0 Å². The van der Waals surface area contributed by atoms with Crippen LogP contribution in [0.15, 0.2) is 48.5 Å². The zero-order valence-corrected chi connectivity index (χ0v) is 11.3. The molecule has 104 valence electrons. The van der Waals surface area contributed by atoms with Crippen LogP contribution in [0.4, 0.5) is 10.1 Å². The molecule has 0 unspecified atom stereocenters. The first-order valence-electron chi connectivity index (χ1n) is 6.72. The summed E-state index contributed by atoms with van der Waals surface area (Å²) in [6.45, 7) is 0. The van der Waals surface area contributed by atoms with Crippen LogP contribution < -0.4 is 5.32 Å². The number of rotatable bonds is 3. The predicted molar refractivity (Wildman–Crippen MR) is 77.1 cm³/mol. The Bertz CT molecular complexity index is 727. The van der Waals surface area contributed by atoms with Crippen LogP contribution in [0.25, 0.3) is 0 Å². The molecule has 1 fully saturated rings. The van der Waals surface area contributed by atoms with E-state index >= 15 is 0 Å². The van der Waals surface area contributed by atoms with Gasteiger partial charge in [-0.15, -0.1) is 0 Å². The van der Waals surface area contributed by atoms with E-state index in [9.17, 15) is 9.18 Å². The summed E-state index contributed by atoms with van der Waals surface area (Å²) in [6.07, 6.45) is 1.50. The Balaban J connectivity index is 1.82. The highest BCUT2D eigenvalue weighted by Gasteiger charge is 2.51. The Morgan fingerprint density at radius 2 is 1.90 bits per heavy atom. The van der Waals surface area contributed by atoms with Gasteiger partial charge in [-0.05, 0) is 48.7 Å². The van der Waals surface area contributed by atoms with Gasteiger partial charge in [0, 0.05) is 5.69 Å². The van der Waals surface area contributed by atoms with E-state index in [1.165, 1.54) is 12.1 Å². The normalized spacial score (nSPS) is 15.0. The Morgan fingerprint density at radius 3 is 2.52 bits per heavy atom. The molecular formula is C17H13FN2O. The molecule has 4 heteroatoms. The van der Waals surface area contributed by atoms with Crippen molar-refractivity contribution in [3.05, 3.63) is 65.5 Å². The molecule has 2 aromatic carbocycles. The standard InChI is InChI=1S/C17H13FN2O/c18-14-6-4-13(5-7-14)17(8-9-17)16(21)20-15-3-1-2-12(10-15)11-19/h1-7,10H,8-9H2,(H,20,21). The maximum Gasteiger partial charge on any atom is 0.235 e. The number of anilines is 1.